The number of ether oxygens (including phenoxy) is 12. The quantitative estimate of drug-likeness (QED) is 0.0821. The second-order valence-corrected chi connectivity index (χ2v) is 9.71. The standard InChI is InChI=1S/C32H54O13/c33-29-30-4-6-31(7-5-30)43-27-25-41-23-21-39-19-17-37-15-13-35-11-9-34-10-12-36-14-16-38-18-20-40-22-24-42-26-28-45-32-3-1-2-8-44-32/h4-7,29,32H,1-3,8-28H2. The van der Waals surface area contributed by atoms with E-state index in [1.807, 2.05) is 0 Å². The maximum atomic E-state index is 10.6. The summed E-state index contributed by atoms with van der Waals surface area (Å²) in [7, 11) is 0. The van der Waals surface area contributed by atoms with Crippen molar-refractivity contribution < 1.29 is 61.6 Å². The average molecular weight is 647 g/mol. The molecule has 1 atom stereocenters. The highest BCUT2D eigenvalue weighted by Gasteiger charge is 2.13. The highest BCUT2D eigenvalue weighted by Crippen LogP contribution is 2.13. The normalized spacial score (nSPS) is 15.0. The molecule has 1 aromatic carbocycles. The number of benzene rings is 1. The number of aldehydes is 1. The molecule has 13 nitrogen and oxygen atoms in total. The minimum atomic E-state index is -0.0680. The third-order valence-corrected chi connectivity index (χ3v) is 6.16. The maximum absolute atomic E-state index is 10.6. The summed E-state index contributed by atoms with van der Waals surface area (Å²) in [5.74, 6) is 0.705. The zero-order valence-electron chi connectivity index (χ0n) is 26.7. The van der Waals surface area contributed by atoms with Crippen LogP contribution in [-0.4, -0.2) is 151 Å². The van der Waals surface area contributed by atoms with Gasteiger partial charge in [0.1, 0.15) is 18.6 Å². The number of hydrogen-bond acceptors (Lipinski definition) is 13. The van der Waals surface area contributed by atoms with Crippen LogP contribution in [0.5, 0.6) is 5.75 Å². The molecule has 1 heterocycles. The molecule has 1 saturated heterocycles. The first-order chi connectivity index (χ1) is 22.4. The lowest BCUT2D eigenvalue weighted by atomic mass is 10.2. The minimum Gasteiger partial charge on any atom is -0.491 e. The Kier molecular flexibility index (Phi) is 27.1. The van der Waals surface area contributed by atoms with Gasteiger partial charge in [0.25, 0.3) is 0 Å². The molecule has 0 N–H and O–H groups in total. The Bertz CT molecular complexity index is 762. The Morgan fingerprint density at radius 3 is 1.24 bits per heavy atom. The van der Waals surface area contributed by atoms with Crippen LogP contribution in [0.4, 0.5) is 0 Å². The van der Waals surface area contributed by atoms with Crippen molar-refractivity contribution in [1.82, 2.24) is 0 Å². The van der Waals surface area contributed by atoms with Gasteiger partial charge in [-0.25, -0.2) is 0 Å². The first-order valence-corrected chi connectivity index (χ1v) is 16.0. The van der Waals surface area contributed by atoms with Gasteiger partial charge in [0.15, 0.2) is 6.29 Å². The number of rotatable bonds is 33. The summed E-state index contributed by atoms with van der Waals surface area (Å²) in [5, 5.41) is 0. The topological polar surface area (TPSA) is 128 Å². The van der Waals surface area contributed by atoms with Crippen LogP contribution >= 0.6 is 0 Å². The van der Waals surface area contributed by atoms with Gasteiger partial charge in [-0.1, -0.05) is 0 Å². The molecule has 0 amide bonds. The molecule has 1 unspecified atom stereocenters. The number of carbonyl (C=O) groups is 1. The monoisotopic (exact) mass is 646 g/mol. The van der Waals surface area contributed by atoms with Crippen LogP contribution in [0.2, 0.25) is 0 Å². The van der Waals surface area contributed by atoms with E-state index in [4.69, 9.17) is 56.8 Å². The Morgan fingerprint density at radius 2 is 0.889 bits per heavy atom. The molecule has 2 rings (SSSR count). The zero-order valence-corrected chi connectivity index (χ0v) is 26.7. The molecule has 1 aromatic rings. The van der Waals surface area contributed by atoms with Gasteiger partial charge < -0.3 is 56.8 Å². The molecule has 260 valence electrons. The van der Waals surface area contributed by atoms with Crippen molar-refractivity contribution in [3.63, 3.8) is 0 Å². The van der Waals surface area contributed by atoms with Crippen LogP contribution in [0, 0.1) is 0 Å². The lowest BCUT2D eigenvalue weighted by molar-refractivity contribution is -0.169. The molecule has 0 bridgehead atoms. The number of carbonyl (C=O) groups excluding carboxylic acids is 1. The Hall–Kier alpha value is -1.75. The fraction of sp³-hybridized carbons (Fsp3) is 0.781. The SMILES string of the molecule is O=Cc1ccc(OCCOCCOCCOCCOCCOCCOCCOCCOCCOCCOC2CCCCO2)cc1. The average Bonchev–Trinajstić information content (AvgIpc) is 3.08. The predicted molar refractivity (Wildman–Crippen MR) is 164 cm³/mol. The van der Waals surface area contributed by atoms with Gasteiger partial charge in [0.2, 0.25) is 0 Å². The van der Waals surface area contributed by atoms with E-state index in [-0.39, 0.29) is 6.29 Å². The van der Waals surface area contributed by atoms with Crippen molar-refractivity contribution in [2.75, 3.05) is 139 Å². The second-order valence-electron chi connectivity index (χ2n) is 9.71. The Balaban J connectivity index is 1.15. The van der Waals surface area contributed by atoms with Gasteiger partial charge in [-0.3, -0.25) is 4.79 Å². The fourth-order valence-electron chi connectivity index (χ4n) is 3.80. The van der Waals surface area contributed by atoms with Gasteiger partial charge in [-0.05, 0) is 43.5 Å². The fourth-order valence-corrected chi connectivity index (χ4v) is 3.80. The highest BCUT2D eigenvalue weighted by atomic mass is 16.7. The lowest BCUT2D eigenvalue weighted by Crippen LogP contribution is -2.24. The summed E-state index contributed by atoms with van der Waals surface area (Å²) in [6.45, 7) is 10.9. The lowest BCUT2D eigenvalue weighted by Gasteiger charge is -2.22. The van der Waals surface area contributed by atoms with Crippen LogP contribution in [0.1, 0.15) is 29.6 Å². The number of hydrogen-bond donors (Lipinski definition) is 0. The smallest absolute Gasteiger partial charge is 0.157 e. The first-order valence-electron chi connectivity index (χ1n) is 16.0. The largest absolute Gasteiger partial charge is 0.491 e. The highest BCUT2D eigenvalue weighted by molar-refractivity contribution is 5.74. The van der Waals surface area contributed by atoms with Crippen LogP contribution in [0.25, 0.3) is 0 Å². The maximum Gasteiger partial charge on any atom is 0.157 e. The van der Waals surface area contributed by atoms with E-state index in [0.717, 1.165) is 32.2 Å². The molecule has 0 aliphatic carbocycles. The van der Waals surface area contributed by atoms with Gasteiger partial charge in [-0.15, -0.1) is 0 Å². The summed E-state index contributed by atoms with van der Waals surface area (Å²) >= 11 is 0. The van der Waals surface area contributed by atoms with E-state index in [9.17, 15) is 4.79 Å². The van der Waals surface area contributed by atoms with Crippen molar-refractivity contribution in [3.8, 4) is 5.75 Å². The van der Waals surface area contributed by atoms with E-state index in [1.165, 1.54) is 0 Å². The molecule has 1 aliphatic rings. The van der Waals surface area contributed by atoms with Crippen LogP contribution in [-0.2, 0) is 52.1 Å². The van der Waals surface area contributed by atoms with Crippen LogP contribution < -0.4 is 4.74 Å². The van der Waals surface area contributed by atoms with Crippen molar-refractivity contribution in [2.24, 2.45) is 0 Å². The Morgan fingerprint density at radius 1 is 0.511 bits per heavy atom. The van der Waals surface area contributed by atoms with Gasteiger partial charge in [-0.2, -0.15) is 0 Å². The summed E-state index contributed by atoms with van der Waals surface area (Å²) in [6.07, 6.45) is 3.98. The van der Waals surface area contributed by atoms with E-state index >= 15 is 0 Å². The first kappa shape index (κ1) is 39.4. The summed E-state index contributed by atoms with van der Waals surface area (Å²) in [5.41, 5.74) is 0.619. The van der Waals surface area contributed by atoms with E-state index in [1.54, 1.807) is 24.3 Å². The molecule has 13 heteroatoms. The van der Waals surface area contributed by atoms with Gasteiger partial charge >= 0.3 is 0 Å². The molecule has 0 radical (unpaired) electrons. The molecule has 0 spiro atoms. The molecule has 0 aromatic heterocycles. The van der Waals surface area contributed by atoms with Crippen molar-refractivity contribution in [1.29, 1.82) is 0 Å². The van der Waals surface area contributed by atoms with E-state index in [2.05, 4.69) is 0 Å². The molecular formula is C32H54O13. The van der Waals surface area contributed by atoms with E-state index < -0.39 is 0 Å². The third-order valence-electron chi connectivity index (χ3n) is 6.16. The second kappa shape index (κ2) is 30.9. The Labute approximate surface area is 267 Å². The predicted octanol–water partition coefficient (Wildman–Crippen LogP) is 2.57. The van der Waals surface area contributed by atoms with Crippen molar-refractivity contribution in [3.05, 3.63) is 29.8 Å². The summed E-state index contributed by atoms with van der Waals surface area (Å²) in [6, 6.07) is 6.94. The van der Waals surface area contributed by atoms with Crippen LogP contribution in [0.3, 0.4) is 0 Å². The molecule has 1 aliphatic heterocycles. The summed E-state index contributed by atoms with van der Waals surface area (Å²) < 4.78 is 65.9. The van der Waals surface area contributed by atoms with Gasteiger partial charge in [0, 0.05) is 12.2 Å². The molecule has 45 heavy (non-hydrogen) atoms. The third kappa shape index (κ3) is 25.1. The molecule has 1 fully saturated rings. The minimum absolute atomic E-state index is 0.0680. The van der Waals surface area contributed by atoms with E-state index in [0.29, 0.717) is 143 Å². The van der Waals surface area contributed by atoms with Crippen molar-refractivity contribution >= 4 is 6.29 Å². The van der Waals surface area contributed by atoms with Crippen LogP contribution in [0.15, 0.2) is 24.3 Å². The molecular weight excluding hydrogens is 592 g/mol. The molecule has 0 saturated carbocycles. The summed E-state index contributed by atoms with van der Waals surface area (Å²) in [4.78, 5) is 10.6. The zero-order chi connectivity index (χ0) is 31.7. The van der Waals surface area contributed by atoms with Gasteiger partial charge in [0.05, 0.1) is 126 Å². The van der Waals surface area contributed by atoms with Crippen molar-refractivity contribution in [2.45, 2.75) is 25.6 Å².